The molecule has 26 heavy (non-hydrogen) atoms. The minimum atomic E-state index is -0.365. The maximum atomic E-state index is 12.8. The van der Waals surface area contributed by atoms with Crippen LogP contribution in [0.1, 0.15) is 73.5 Å². The first-order valence-electron chi connectivity index (χ1n) is 9.77. The lowest BCUT2D eigenvalue weighted by Crippen LogP contribution is -2.52. The van der Waals surface area contributed by atoms with Gasteiger partial charge in [-0.05, 0) is 46.5 Å². The number of hydrogen-bond acceptors (Lipinski definition) is 4. The molecule has 0 bridgehead atoms. The molecule has 2 atom stereocenters. The molecule has 2 heterocycles. The van der Waals surface area contributed by atoms with Gasteiger partial charge in [0.05, 0.1) is 16.7 Å². The lowest BCUT2D eigenvalue weighted by Gasteiger charge is -2.29. The average molecular weight is 379 g/mol. The van der Waals surface area contributed by atoms with Gasteiger partial charge < -0.3 is 15.5 Å². The van der Waals surface area contributed by atoms with Gasteiger partial charge in [0, 0.05) is 17.5 Å². The number of rotatable bonds is 4. The maximum absolute atomic E-state index is 12.8. The number of likely N-dealkylation sites (tertiary alicyclic amines) is 1. The number of aromatic nitrogens is 1. The van der Waals surface area contributed by atoms with Crippen LogP contribution in [-0.2, 0) is 4.79 Å². The van der Waals surface area contributed by atoms with Crippen molar-refractivity contribution in [3.05, 3.63) is 15.6 Å². The van der Waals surface area contributed by atoms with E-state index in [9.17, 15) is 9.59 Å². The van der Waals surface area contributed by atoms with Gasteiger partial charge in [-0.15, -0.1) is 11.3 Å². The number of thiazole rings is 1. The number of carbonyl (C=O) groups excluding carboxylic acids is 2. The quantitative estimate of drug-likeness (QED) is 0.843. The van der Waals surface area contributed by atoms with E-state index in [1.54, 1.807) is 16.2 Å². The van der Waals surface area contributed by atoms with E-state index in [0.29, 0.717) is 6.54 Å². The first-order chi connectivity index (χ1) is 12.5. The van der Waals surface area contributed by atoms with E-state index in [1.165, 1.54) is 19.3 Å². The van der Waals surface area contributed by atoms with Gasteiger partial charge in [0.25, 0.3) is 0 Å². The number of amides is 3. The molecular weight excluding hydrogens is 348 g/mol. The Balaban J connectivity index is 1.58. The van der Waals surface area contributed by atoms with Crippen LogP contribution in [-0.4, -0.2) is 40.5 Å². The van der Waals surface area contributed by atoms with Crippen molar-refractivity contribution >= 4 is 23.3 Å². The molecule has 2 fully saturated rings. The van der Waals surface area contributed by atoms with Gasteiger partial charge in [-0.2, -0.15) is 0 Å². The Morgan fingerprint density at radius 2 is 1.88 bits per heavy atom. The van der Waals surface area contributed by atoms with Crippen LogP contribution in [0.2, 0.25) is 0 Å². The smallest absolute Gasteiger partial charge is 0.318 e. The maximum Gasteiger partial charge on any atom is 0.318 e. The highest BCUT2D eigenvalue weighted by Crippen LogP contribution is 2.26. The molecule has 0 radical (unpaired) electrons. The van der Waals surface area contributed by atoms with Crippen molar-refractivity contribution in [3.8, 4) is 0 Å². The van der Waals surface area contributed by atoms with Crippen LogP contribution in [0.25, 0.3) is 0 Å². The van der Waals surface area contributed by atoms with Crippen LogP contribution in [0.3, 0.4) is 0 Å². The molecular formula is C19H30N4O2S. The van der Waals surface area contributed by atoms with Gasteiger partial charge in [0.1, 0.15) is 6.04 Å². The largest absolute Gasteiger partial charge is 0.347 e. The van der Waals surface area contributed by atoms with Gasteiger partial charge in [-0.1, -0.05) is 19.3 Å². The monoisotopic (exact) mass is 378 g/mol. The van der Waals surface area contributed by atoms with Crippen LogP contribution >= 0.6 is 11.3 Å². The van der Waals surface area contributed by atoms with Crippen molar-refractivity contribution in [2.75, 3.05) is 6.54 Å². The van der Waals surface area contributed by atoms with Crippen molar-refractivity contribution in [3.63, 3.8) is 0 Å². The number of hydrogen-bond donors (Lipinski definition) is 2. The lowest BCUT2D eigenvalue weighted by atomic mass is 9.96. The first-order valence-corrected chi connectivity index (χ1v) is 10.6. The zero-order valence-corrected chi connectivity index (χ0v) is 16.8. The Morgan fingerprint density at radius 1 is 1.15 bits per heavy atom. The molecule has 0 unspecified atom stereocenters. The molecule has 1 aliphatic heterocycles. The predicted octanol–water partition coefficient (Wildman–Crippen LogP) is 3.44. The standard InChI is InChI=1S/C19H30N4O2S/c1-12-17(26-14(3)20-12)13(2)21-18(24)16-10-7-11-23(16)19(25)22-15-8-5-4-6-9-15/h13,15-16H,4-11H2,1-3H3,(H,21,24)(H,22,25)/t13-,16+/m0/s1. The summed E-state index contributed by atoms with van der Waals surface area (Å²) in [5.41, 5.74) is 0.971. The summed E-state index contributed by atoms with van der Waals surface area (Å²) in [5.74, 6) is -0.0563. The second-order valence-electron chi connectivity index (χ2n) is 7.55. The molecule has 3 amide bonds. The highest BCUT2D eigenvalue weighted by atomic mass is 32.1. The molecule has 1 aliphatic carbocycles. The molecule has 144 valence electrons. The third-order valence-electron chi connectivity index (χ3n) is 5.44. The average Bonchev–Trinajstić information content (AvgIpc) is 3.22. The van der Waals surface area contributed by atoms with Crippen molar-refractivity contribution in [2.24, 2.45) is 0 Å². The Bertz CT molecular complexity index is 654. The summed E-state index contributed by atoms with van der Waals surface area (Å²) in [7, 11) is 0. The number of carbonyl (C=O) groups is 2. The minimum absolute atomic E-state index is 0.0563. The second-order valence-corrected chi connectivity index (χ2v) is 8.78. The lowest BCUT2D eigenvalue weighted by molar-refractivity contribution is -0.125. The van der Waals surface area contributed by atoms with Crippen molar-refractivity contribution in [1.29, 1.82) is 0 Å². The Hall–Kier alpha value is -1.63. The third kappa shape index (κ3) is 4.37. The molecule has 0 aromatic carbocycles. The number of aryl methyl sites for hydroxylation is 2. The highest BCUT2D eigenvalue weighted by Gasteiger charge is 2.35. The van der Waals surface area contributed by atoms with Crippen molar-refractivity contribution in [2.45, 2.75) is 83.8 Å². The van der Waals surface area contributed by atoms with Gasteiger partial charge in [0.15, 0.2) is 0 Å². The minimum Gasteiger partial charge on any atom is -0.347 e. The fourth-order valence-electron chi connectivity index (χ4n) is 4.11. The highest BCUT2D eigenvalue weighted by molar-refractivity contribution is 7.11. The first kappa shape index (κ1) is 19.1. The summed E-state index contributed by atoms with van der Waals surface area (Å²) in [6.07, 6.45) is 7.34. The van der Waals surface area contributed by atoms with Crippen LogP contribution in [0.5, 0.6) is 0 Å². The van der Waals surface area contributed by atoms with E-state index in [-0.39, 0.29) is 30.1 Å². The molecule has 1 aromatic heterocycles. The molecule has 0 spiro atoms. The summed E-state index contributed by atoms with van der Waals surface area (Å²) >= 11 is 1.62. The van der Waals surface area contributed by atoms with Gasteiger partial charge in [0.2, 0.25) is 5.91 Å². The zero-order chi connectivity index (χ0) is 18.7. The van der Waals surface area contributed by atoms with Crippen LogP contribution < -0.4 is 10.6 Å². The van der Waals surface area contributed by atoms with Gasteiger partial charge >= 0.3 is 6.03 Å². The van der Waals surface area contributed by atoms with Crippen LogP contribution in [0, 0.1) is 13.8 Å². The fourth-order valence-corrected chi connectivity index (χ4v) is 5.04. The topological polar surface area (TPSA) is 74.3 Å². The van der Waals surface area contributed by atoms with Gasteiger partial charge in [-0.3, -0.25) is 4.79 Å². The Morgan fingerprint density at radius 3 is 2.54 bits per heavy atom. The molecule has 6 nitrogen and oxygen atoms in total. The van der Waals surface area contributed by atoms with Crippen molar-refractivity contribution < 1.29 is 9.59 Å². The molecule has 2 N–H and O–H groups in total. The Labute approximate surface area is 159 Å². The fraction of sp³-hybridized carbons (Fsp3) is 0.737. The van der Waals surface area contributed by atoms with E-state index in [0.717, 1.165) is 41.3 Å². The summed E-state index contributed by atoms with van der Waals surface area (Å²) in [6, 6.07) is -0.262. The van der Waals surface area contributed by atoms with Crippen molar-refractivity contribution in [1.82, 2.24) is 20.5 Å². The zero-order valence-electron chi connectivity index (χ0n) is 16.0. The molecule has 1 saturated heterocycles. The normalized spacial score (nSPS) is 22.3. The SMILES string of the molecule is Cc1nc(C)c([C@H](C)NC(=O)[C@H]2CCCN2C(=O)NC2CCCCC2)s1. The number of nitrogens with one attached hydrogen (secondary N) is 2. The Kier molecular flexibility index (Phi) is 6.16. The molecule has 1 saturated carbocycles. The van der Waals surface area contributed by atoms with E-state index < -0.39 is 0 Å². The summed E-state index contributed by atoms with van der Waals surface area (Å²) < 4.78 is 0. The van der Waals surface area contributed by atoms with E-state index >= 15 is 0 Å². The van der Waals surface area contributed by atoms with Gasteiger partial charge in [-0.25, -0.2) is 9.78 Å². The summed E-state index contributed by atoms with van der Waals surface area (Å²) in [6.45, 7) is 6.59. The van der Waals surface area contributed by atoms with Crippen LogP contribution in [0.15, 0.2) is 0 Å². The second kappa shape index (κ2) is 8.37. The predicted molar refractivity (Wildman–Crippen MR) is 103 cm³/mol. The molecule has 3 rings (SSSR count). The molecule has 1 aromatic rings. The molecule has 2 aliphatic rings. The van der Waals surface area contributed by atoms with E-state index in [2.05, 4.69) is 15.6 Å². The number of nitrogens with zero attached hydrogens (tertiary/aromatic N) is 2. The molecule has 7 heteroatoms. The van der Waals surface area contributed by atoms with E-state index in [1.807, 2.05) is 20.8 Å². The summed E-state index contributed by atoms with van der Waals surface area (Å²) in [4.78, 5) is 32.7. The number of urea groups is 1. The third-order valence-corrected chi connectivity index (χ3v) is 6.70. The van der Waals surface area contributed by atoms with E-state index in [4.69, 9.17) is 0 Å². The van der Waals surface area contributed by atoms with Crippen LogP contribution in [0.4, 0.5) is 4.79 Å². The summed E-state index contributed by atoms with van der Waals surface area (Å²) in [5, 5.41) is 7.24.